The molecule has 4 nitrogen and oxygen atoms in total. The lowest BCUT2D eigenvalue weighted by atomic mass is 10.1. The van der Waals surface area contributed by atoms with E-state index in [-0.39, 0.29) is 5.43 Å². The molecule has 0 saturated heterocycles. The second-order valence-corrected chi connectivity index (χ2v) is 6.02. The Bertz CT molecular complexity index is 956. The number of methoxy groups -OCH3 is 2. The number of benzene rings is 2. The number of rotatable bonds is 4. The van der Waals surface area contributed by atoms with Gasteiger partial charge in [-0.3, -0.25) is 4.79 Å². The Morgan fingerprint density at radius 3 is 2.42 bits per heavy atom. The van der Waals surface area contributed by atoms with Crippen molar-refractivity contribution in [3.63, 3.8) is 0 Å². The van der Waals surface area contributed by atoms with Crippen LogP contribution in [0.15, 0.2) is 56.1 Å². The van der Waals surface area contributed by atoms with Gasteiger partial charge in [-0.2, -0.15) is 0 Å². The maximum atomic E-state index is 12.4. The zero-order chi connectivity index (χ0) is 17.1. The Morgan fingerprint density at radius 2 is 1.75 bits per heavy atom. The van der Waals surface area contributed by atoms with Crippen LogP contribution in [0.3, 0.4) is 0 Å². The van der Waals surface area contributed by atoms with Crippen LogP contribution in [0.2, 0.25) is 0 Å². The molecule has 0 saturated carbocycles. The third-order valence-electron chi connectivity index (χ3n) is 3.55. The van der Waals surface area contributed by atoms with Gasteiger partial charge in [-0.1, -0.05) is 34.1 Å². The molecule has 1 aromatic heterocycles. The van der Waals surface area contributed by atoms with Gasteiger partial charge in [-0.05, 0) is 23.8 Å². The van der Waals surface area contributed by atoms with Crippen molar-refractivity contribution in [2.45, 2.75) is 0 Å². The summed E-state index contributed by atoms with van der Waals surface area (Å²) < 4.78 is 17.3. The average molecular weight is 387 g/mol. The number of ether oxygens (including phenoxy) is 2. The standard InChI is InChI=1S/C19H15BrO4/c1-22-15-10-17(23-2)19-16(21)9-14(24-18(19)11-15)8-5-12-3-6-13(20)7-4-12/h3-11H,1-2H3/b8-5+. The fourth-order valence-corrected chi connectivity index (χ4v) is 2.62. The van der Waals surface area contributed by atoms with E-state index < -0.39 is 0 Å². The van der Waals surface area contributed by atoms with E-state index in [2.05, 4.69) is 15.9 Å². The van der Waals surface area contributed by atoms with Crippen LogP contribution in [0.4, 0.5) is 0 Å². The summed E-state index contributed by atoms with van der Waals surface area (Å²) in [5.41, 5.74) is 1.27. The second kappa shape index (κ2) is 6.93. The fourth-order valence-electron chi connectivity index (χ4n) is 2.36. The van der Waals surface area contributed by atoms with Crippen molar-refractivity contribution < 1.29 is 13.9 Å². The molecule has 1 heterocycles. The third-order valence-corrected chi connectivity index (χ3v) is 4.08. The van der Waals surface area contributed by atoms with Crippen LogP contribution in [0.1, 0.15) is 11.3 Å². The van der Waals surface area contributed by atoms with Crippen LogP contribution in [0.25, 0.3) is 23.1 Å². The molecule has 0 atom stereocenters. The van der Waals surface area contributed by atoms with E-state index in [4.69, 9.17) is 13.9 Å². The summed E-state index contributed by atoms with van der Waals surface area (Å²) in [6, 6.07) is 12.6. The predicted octanol–water partition coefficient (Wildman–Crippen LogP) is 4.74. The van der Waals surface area contributed by atoms with E-state index in [1.54, 1.807) is 25.3 Å². The Balaban J connectivity index is 2.06. The first-order valence-corrected chi connectivity index (χ1v) is 8.03. The van der Waals surface area contributed by atoms with Crippen molar-refractivity contribution in [3.05, 3.63) is 68.5 Å². The van der Waals surface area contributed by atoms with E-state index in [1.807, 2.05) is 30.3 Å². The SMILES string of the molecule is COc1cc(OC)c2c(=O)cc(/C=C/c3ccc(Br)cc3)oc2c1. The summed E-state index contributed by atoms with van der Waals surface area (Å²) in [4.78, 5) is 12.4. The zero-order valence-electron chi connectivity index (χ0n) is 13.2. The molecule has 5 heteroatoms. The maximum Gasteiger partial charge on any atom is 0.197 e. The van der Waals surface area contributed by atoms with E-state index in [0.29, 0.717) is 28.2 Å². The van der Waals surface area contributed by atoms with Crippen LogP contribution in [-0.4, -0.2) is 14.2 Å². The highest BCUT2D eigenvalue weighted by atomic mass is 79.9. The first-order valence-electron chi connectivity index (χ1n) is 7.24. The third kappa shape index (κ3) is 3.36. The highest BCUT2D eigenvalue weighted by molar-refractivity contribution is 9.10. The lowest BCUT2D eigenvalue weighted by Gasteiger charge is -2.08. The molecule has 3 rings (SSSR count). The smallest absolute Gasteiger partial charge is 0.197 e. The molecule has 0 aliphatic carbocycles. The van der Waals surface area contributed by atoms with Gasteiger partial charge in [0.15, 0.2) is 5.43 Å². The Labute approximate surface area is 147 Å². The van der Waals surface area contributed by atoms with Crippen molar-refractivity contribution in [3.8, 4) is 11.5 Å². The number of hydrogen-bond acceptors (Lipinski definition) is 4. The van der Waals surface area contributed by atoms with Crippen molar-refractivity contribution >= 4 is 39.1 Å². The monoisotopic (exact) mass is 386 g/mol. The maximum absolute atomic E-state index is 12.4. The normalized spacial score (nSPS) is 11.1. The highest BCUT2D eigenvalue weighted by Gasteiger charge is 2.11. The molecule has 0 aliphatic heterocycles. The van der Waals surface area contributed by atoms with Crippen LogP contribution in [0, 0.1) is 0 Å². The van der Waals surface area contributed by atoms with Gasteiger partial charge in [0.2, 0.25) is 0 Å². The largest absolute Gasteiger partial charge is 0.496 e. The topological polar surface area (TPSA) is 48.7 Å². The average Bonchev–Trinajstić information content (AvgIpc) is 2.60. The second-order valence-electron chi connectivity index (χ2n) is 5.10. The van der Waals surface area contributed by atoms with Crippen molar-refractivity contribution in [2.75, 3.05) is 14.2 Å². The minimum absolute atomic E-state index is 0.161. The molecule has 122 valence electrons. The summed E-state index contributed by atoms with van der Waals surface area (Å²) >= 11 is 3.40. The molecule has 0 amide bonds. The lowest BCUT2D eigenvalue weighted by Crippen LogP contribution is -2.03. The van der Waals surface area contributed by atoms with Crippen molar-refractivity contribution in [2.24, 2.45) is 0 Å². The summed E-state index contributed by atoms with van der Waals surface area (Å²) in [6.07, 6.45) is 3.64. The van der Waals surface area contributed by atoms with Crippen LogP contribution in [-0.2, 0) is 0 Å². The summed E-state index contributed by atoms with van der Waals surface area (Å²) in [5.74, 6) is 1.46. The van der Waals surface area contributed by atoms with E-state index in [1.165, 1.54) is 13.2 Å². The Morgan fingerprint density at radius 1 is 1.00 bits per heavy atom. The minimum atomic E-state index is -0.161. The van der Waals surface area contributed by atoms with Gasteiger partial charge in [0.1, 0.15) is 28.2 Å². The lowest BCUT2D eigenvalue weighted by molar-refractivity contribution is 0.396. The van der Waals surface area contributed by atoms with Gasteiger partial charge >= 0.3 is 0 Å². The molecule has 0 fully saturated rings. The number of fused-ring (bicyclic) bond motifs is 1. The molecular weight excluding hydrogens is 372 g/mol. The van der Waals surface area contributed by atoms with Gasteiger partial charge in [0.25, 0.3) is 0 Å². The molecule has 0 spiro atoms. The number of halogens is 1. The van der Waals surface area contributed by atoms with Crippen molar-refractivity contribution in [1.29, 1.82) is 0 Å². The van der Waals surface area contributed by atoms with Gasteiger partial charge in [-0.15, -0.1) is 0 Å². The van der Waals surface area contributed by atoms with Crippen molar-refractivity contribution in [1.82, 2.24) is 0 Å². The van der Waals surface area contributed by atoms with Gasteiger partial charge < -0.3 is 13.9 Å². The van der Waals surface area contributed by atoms with E-state index in [9.17, 15) is 4.79 Å². The molecule has 0 N–H and O–H groups in total. The molecule has 3 aromatic rings. The van der Waals surface area contributed by atoms with Crippen LogP contribution < -0.4 is 14.9 Å². The van der Waals surface area contributed by atoms with Gasteiger partial charge in [0.05, 0.1) is 14.2 Å². The zero-order valence-corrected chi connectivity index (χ0v) is 14.8. The van der Waals surface area contributed by atoms with Gasteiger partial charge in [-0.25, -0.2) is 0 Å². The molecule has 2 aromatic carbocycles. The first kappa shape index (κ1) is 16.3. The summed E-state index contributed by atoms with van der Waals surface area (Å²) in [6.45, 7) is 0. The Hall–Kier alpha value is -2.53. The molecular formula is C19H15BrO4. The van der Waals surface area contributed by atoms with E-state index >= 15 is 0 Å². The fraction of sp³-hybridized carbons (Fsp3) is 0.105. The van der Waals surface area contributed by atoms with Gasteiger partial charge in [0, 0.05) is 22.7 Å². The highest BCUT2D eigenvalue weighted by Crippen LogP contribution is 2.29. The summed E-state index contributed by atoms with van der Waals surface area (Å²) in [7, 11) is 3.06. The Kier molecular flexibility index (Phi) is 4.71. The first-order chi connectivity index (χ1) is 11.6. The quantitative estimate of drug-likeness (QED) is 0.649. The van der Waals surface area contributed by atoms with E-state index in [0.717, 1.165) is 10.0 Å². The molecule has 24 heavy (non-hydrogen) atoms. The predicted molar refractivity (Wildman–Crippen MR) is 98.7 cm³/mol. The van der Waals surface area contributed by atoms with Crippen LogP contribution in [0.5, 0.6) is 11.5 Å². The number of hydrogen-bond donors (Lipinski definition) is 0. The minimum Gasteiger partial charge on any atom is -0.496 e. The van der Waals surface area contributed by atoms with Crippen LogP contribution >= 0.6 is 15.9 Å². The molecule has 0 radical (unpaired) electrons. The molecule has 0 aliphatic rings. The molecule has 0 unspecified atom stereocenters. The molecule has 0 bridgehead atoms. The summed E-state index contributed by atoms with van der Waals surface area (Å²) in [5, 5.41) is 0.402.